The summed E-state index contributed by atoms with van der Waals surface area (Å²) in [6.07, 6.45) is -2.03. The highest BCUT2D eigenvalue weighted by Gasteiger charge is 2.41. The van der Waals surface area contributed by atoms with Gasteiger partial charge < -0.3 is 87.5 Å². The third kappa shape index (κ3) is 43.6. The molecular formula is C80H119N3O29. The second kappa shape index (κ2) is 53.9. The Hall–Kier alpha value is -9.89. The predicted octanol–water partition coefficient (Wildman–Crippen LogP) is 8.19. The Morgan fingerprint density at radius 1 is 0.491 bits per heavy atom. The van der Waals surface area contributed by atoms with Gasteiger partial charge in [0.15, 0.2) is 0 Å². The second-order valence-corrected chi connectivity index (χ2v) is 27.9. The summed E-state index contributed by atoms with van der Waals surface area (Å²) in [5.74, 6) is -5.98. The molecule has 1 aliphatic carbocycles. The summed E-state index contributed by atoms with van der Waals surface area (Å²) in [5.41, 5.74) is 1.77. The lowest BCUT2D eigenvalue weighted by molar-refractivity contribution is -0.174. The fourth-order valence-electron chi connectivity index (χ4n) is 8.66. The third-order valence-corrected chi connectivity index (χ3v) is 16.5. The van der Waals surface area contributed by atoms with Crippen molar-refractivity contribution in [3.8, 4) is 0 Å². The molecule has 0 aromatic heterocycles. The van der Waals surface area contributed by atoms with E-state index in [0.717, 1.165) is 23.2 Å². The summed E-state index contributed by atoms with van der Waals surface area (Å²) in [7, 11) is 3.08. The van der Waals surface area contributed by atoms with E-state index in [1.54, 1.807) is 51.8 Å². The molecule has 32 nitrogen and oxygen atoms in total. The second-order valence-electron chi connectivity index (χ2n) is 27.9. The largest absolute Gasteiger partial charge is 0.463 e. The van der Waals surface area contributed by atoms with Crippen LogP contribution < -0.4 is 10.6 Å². The van der Waals surface area contributed by atoms with E-state index >= 15 is 0 Å². The first-order valence-corrected chi connectivity index (χ1v) is 36.6. The van der Waals surface area contributed by atoms with E-state index in [1.807, 2.05) is 71.0 Å². The number of rotatable bonds is 43. The molecule has 6 N–H and O–H groups in total. The number of nitrogens with zero attached hydrogens (tertiary/aromatic N) is 1. The van der Waals surface area contributed by atoms with Crippen LogP contribution in [0.1, 0.15) is 172 Å². The molecule has 1 fully saturated rings. The van der Waals surface area contributed by atoms with Crippen molar-refractivity contribution in [2.45, 2.75) is 204 Å². The van der Waals surface area contributed by atoms with Crippen LogP contribution in [0.5, 0.6) is 0 Å². The van der Waals surface area contributed by atoms with E-state index in [1.165, 1.54) is 34.8 Å². The quantitative estimate of drug-likeness (QED) is 0.0158. The molecule has 32 heteroatoms. The summed E-state index contributed by atoms with van der Waals surface area (Å²) >= 11 is 0. The number of methoxy groups -OCH3 is 1. The van der Waals surface area contributed by atoms with Gasteiger partial charge in [0.1, 0.15) is 95.4 Å². The van der Waals surface area contributed by atoms with Gasteiger partial charge >= 0.3 is 65.8 Å². The van der Waals surface area contributed by atoms with Crippen LogP contribution in [0.25, 0.3) is 0 Å². The molecule has 1 saturated carbocycles. The van der Waals surface area contributed by atoms with Gasteiger partial charge in [-0.25, -0.2) is 24.0 Å². The van der Waals surface area contributed by atoms with Gasteiger partial charge in [-0.2, -0.15) is 0 Å². The number of ether oxygens (including phenoxy) is 12. The number of aliphatic hydroxyl groups excluding tert-OH is 4. The van der Waals surface area contributed by atoms with Gasteiger partial charge in [-0.3, -0.25) is 43.7 Å². The van der Waals surface area contributed by atoms with E-state index in [-0.39, 0.29) is 145 Å². The van der Waals surface area contributed by atoms with Crippen LogP contribution in [0, 0.1) is 16.2 Å². The minimum atomic E-state index is -1.31. The van der Waals surface area contributed by atoms with Crippen molar-refractivity contribution in [2.24, 2.45) is 16.2 Å². The maximum atomic E-state index is 12.9. The average molecular weight is 1590 g/mol. The van der Waals surface area contributed by atoms with Crippen LogP contribution in [-0.2, 0) is 121 Å². The lowest BCUT2D eigenvalue weighted by Gasteiger charge is -2.34. The zero-order chi connectivity index (χ0) is 85.5. The predicted molar refractivity (Wildman–Crippen MR) is 409 cm³/mol. The number of carbonyl (C=O) groups is 13. The van der Waals surface area contributed by atoms with Gasteiger partial charge in [0, 0.05) is 74.1 Å². The number of nitrogens with one attached hydrogen (secondary N) is 2. The van der Waals surface area contributed by atoms with Crippen molar-refractivity contribution < 1.29 is 140 Å². The average Bonchev–Trinajstić information content (AvgIpc) is 0.852. The van der Waals surface area contributed by atoms with Gasteiger partial charge in [-0.15, -0.1) is 0 Å². The normalized spacial score (nSPS) is 14.8. The SMILES string of the molecule is C=C(C)C(=O)OC1CCC(OC(=O)C(C)(C)CC)C(O)C1.C=C(C)C(=O)OCC(O)COC(=O)C(CC)(COC)COC(=O)Nc1ccc(Cc2ccc(NC(C)=O)cc2)cc1.C=C(C)C(=O)OCC(O)COC(=O)CCC(=O)N(C)CCC.C=C(C)C(=O)OCC(O)COC(=O)CCC(=O)OCCOC(=O)C(C)(C)CC. The molecular weight excluding hydrogens is 1470 g/mol. The fraction of sp³-hybridized carbons (Fsp3) is 0.588. The molecule has 7 unspecified atom stereocenters. The summed E-state index contributed by atoms with van der Waals surface area (Å²) in [6.45, 7) is 33.8. The number of benzene rings is 2. The third-order valence-electron chi connectivity index (χ3n) is 16.5. The highest BCUT2D eigenvalue weighted by molar-refractivity contribution is 5.90. The minimum Gasteiger partial charge on any atom is -0.463 e. The van der Waals surface area contributed by atoms with Crippen LogP contribution in [0.2, 0.25) is 0 Å². The van der Waals surface area contributed by atoms with Gasteiger partial charge in [-0.1, -0.05) is 78.3 Å². The molecule has 628 valence electrons. The van der Waals surface area contributed by atoms with Crippen LogP contribution in [0.15, 0.2) is 97.1 Å². The van der Waals surface area contributed by atoms with E-state index in [0.29, 0.717) is 49.9 Å². The highest BCUT2D eigenvalue weighted by atomic mass is 16.6. The van der Waals surface area contributed by atoms with Crippen molar-refractivity contribution in [3.05, 3.63) is 108 Å². The molecule has 1 aliphatic rings. The number of hydrogen-bond donors (Lipinski definition) is 6. The van der Waals surface area contributed by atoms with E-state index in [2.05, 4.69) is 36.9 Å². The topological polar surface area (TPSA) is 441 Å². The van der Waals surface area contributed by atoms with Crippen molar-refractivity contribution in [3.63, 3.8) is 0 Å². The molecule has 0 heterocycles. The minimum absolute atomic E-state index is 0.0504. The molecule has 0 saturated heterocycles. The molecule has 2 aromatic rings. The number of hydrogen-bond acceptors (Lipinski definition) is 29. The van der Waals surface area contributed by atoms with Gasteiger partial charge in [0.2, 0.25) is 11.8 Å². The first kappa shape index (κ1) is 102. The van der Waals surface area contributed by atoms with Crippen molar-refractivity contribution >= 4 is 89.0 Å². The number of anilines is 2. The smallest absolute Gasteiger partial charge is 0.411 e. The maximum Gasteiger partial charge on any atom is 0.411 e. The van der Waals surface area contributed by atoms with E-state index < -0.39 is 107 Å². The van der Waals surface area contributed by atoms with Crippen molar-refractivity contribution in [1.82, 2.24) is 4.90 Å². The van der Waals surface area contributed by atoms with Gasteiger partial charge in [-0.05, 0) is 136 Å². The lowest BCUT2D eigenvalue weighted by Crippen LogP contribution is -2.43. The Bertz CT molecular complexity index is 3420. The highest BCUT2D eigenvalue weighted by Crippen LogP contribution is 2.30. The van der Waals surface area contributed by atoms with E-state index in [4.69, 9.17) is 56.8 Å². The Balaban J connectivity index is 0.00000153. The van der Waals surface area contributed by atoms with Crippen LogP contribution >= 0.6 is 0 Å². The Morgan fingerprint density at radius 3 is 1.31 bits per heavy atom. The van der Waals surface area contributed by atoms with Crippen LogP contribution in [-0.4, -0.2) is 226 Å². The first-order chi connectivity index (χ1) is 52.4. The number of carbonyl (C=O) groups excluding carboxylic acids is 13. The summed E-state index contributed by atoms with van der Waals surface area (Å²) in [5, 5.41) is 44.5. The molecule has 0 radical (unpaired) electrons. The molecule has 3 amide bonds. The number of amides is 3. The molecule has 2 aromatic carbocycles. The standard InChI is InChI=1S/C30H38N2O9.C19H30O9.C16H26O5.C15H25NO6/c1-6-30(18-38-5,28(36)40-17-26(34)16-39-27(35)20(2)3)19-41-29(37)32-25-13-9-23(10-14-25)15-22-7-11-24(12-8-22)31-21(4)33;1-6-19(4,5)18(24)26-10-9-25-15(21)7-8-16(22)27-11-14(20)12-28-17(23)13(2)3;1-6-16(4,5)15(19)21-13-8-7-11(9-12(13)17)20-14(18)10(2)3;1-5-8-16(4)13(18)6-7-14(19)21-9-12(17)10-22-15(20)11(2)3/h7-14,26,34H,2,6,15-19H2,1,3-5H3,(H,31,33)(H,32,37);14,20H,2,6-12H2,1,3-5H3;11-13,17H,2,6-9H2,1,3-5H3;12,17H,2,5-10H2,1,3-4H3. The first-order valence-electron chi connectivity index (χ1n) is 36.6. The molecule has 0 bridgehead atoms. The maximum absolute atomic E-state index is 12.9. The van der Waals surface area contributed by atoms with Crippen LogP contribution in [0.4, 0.5) is 16.2 Å². The van der Waals surface area contributed by atoms with Gasteiger partial charge in [0.25, 0.3) is 0 Å². The van der Waals surface area contributed by atoms with E-state index in [9.17, 15) is 82.8 Å². The molecule has 0 spiro atoms. The summed E-state index contributed by atoms with van der Waals surface area (Å²) in [4.78, 5) is 153. The molecule has 112 heavy (non-hydrogen) atoms. The Labute approximate surface area is 656 Å². The fourth-order valence-corrected chi connectivity index (χ4v) is 8.66. The number of aliphatic hydroxyl groups is 4. The zero-order valence-corrected chi connectivity index (χ0v) is 67.6. The Morgan fingerprint density at radius 2 is 0.902 bits per heavy atom. The molecule has 0 aliphatic heterocycles. The number of esters is 10. The molecule has 3 rings (SSSR count). The zero-order valence-electron chi connectivity index (χ0n) is 67.6. The van der Waals surface area contributed by atoms with Crippen LogP contribution in [0.3, 0.4) is 0 Å². The Kier molecular flexibility index (Phi) is 49.1. The lowest BCUT2D eigenvalue weighted by atomic mass is 9.87. The molecule has 7 atom stereocenters. The van der Waals surface area contributed by atoms with Crippen molar-refractivity contribution in [1.29, 1.82) is 0 Å². The monoisotopic (exact) mass is 1590 g/mol. The summed E-state index contributed by atoms with van der Waals surface area (Å²) < 4.78 is 60.1. The van der Waals surface area contributed by atoms with Crippen molar-refractivity contribution in [2.75, 3.05) is 97.4 Å². The van der Waals surface area contributed by atoms with Gasteiger partial charge in [0.05, 0.1) is 42.8 Å². The summed E-state index contributed by atoms with van der Waals surface area (Å²) in [6, 6.07) is 14.7.